The molecule has 0 spiro atoms. The van der Waals surface area contributed by atoms with Crippen molar-refractivity contribution in [2.24, 2.45) is 0 Å². The molecule has 0 saturated carbocycles. The number of carboxylic acids is 1. The van der Waals surface area contributed by atoms with E-state index in [-0.39, 0.29) is 18.1 Å². The van der Waals surface area contributed by atoms with Crippen LogP contribution in [0.25, 0.3) is 0 Å². The molecule has 0 fully saturated rings. The number of carboxylic acid groups (broad SMARTS) is 1. The maximum absolute atomic E-state index is 11.7. The second-order valence-corrected chi connectivity index (χ2v) is 4.65. The van der Waals surface area contributed by atoms with Crippen LogP contribution in [0, 0.1) is 0 Å². The van der Waals surface area contributed by atoms with Gasteiger partial charge in [0.25, 0.3) is 0 Å². The van der Waals surface area contributed by atoms with Crippen molar-refractivity contribution in [3.8, 4) is 5.75 Å². The Morgan fingerprint density at radius 3 is 2.59 bits per heavy atom. The lowest BCUT2D eigenvalue weighted by Crippen LogP contribution is -2.29. The molecule has 116 valence electrons. The predicted octanol–water partition coefficient (Wildman–Crippen LogP) is 0.949. The fourth-order valence-electron chi connectivity index (χ4n) is 1.91. The zero-order valence-corrected chi connectivity index (χ0v) is 12.2. The minimum absolute atomic E-state index is 0.00407. The largest absolute Gasteiger partial charge is 0.497 e. The van der Waals surface area contributed by atoms with E-state index in [9.17, 15) is 9.59 Å². The minimum Gasteiger partial charge on any atom is -0.497 e. The standard InChI is InChI=1S/C15H17N3O4/c1-22-12-4-2-11(3-5-12)6-8-16-14(19)10-18-9-7-13(17-18)15(20)21/h2-5,7,9H,6,8,10H2,1H3,(H,16,19)(H,20,21). The van der Waals surface area contributed by atoms with E-state index in [2.05, 4.69) is 10.4 Å². The molecule has 1 amide bonds. The number of aromatic carboxylic acids is 1. The second-order valence-electron chi connectivity index (χ2n) is 4.65. The van der Waals surface area contributed by atoms with Crippen LogP contribution in [-0.4, -0.2) is 40.4 Å². The Balaban J connectivity index is 1.76. The van der Waals surface area contributed by atoms with Crippen LogP contribution in [0.1, 0.15) is 16.1 Å². The SMILES string of the molecule is COc1ccc(CCNC(=O)Cn2ccc(C(=O)O)n2)cc1. The third-order valence-corrected chi connectivity index (χ3v) is 3.06. The highest BCUT2D eigenvalue weighted by atomic mass is 16.5. The van der Waals surface area contributed by atoms with Gasteiger partial charge in [-0.3, -0.25) is 9.48 Å². The molecule has 0 atom stereocenters. The van der Waals surface area contributed by atoms with E-state index in [0.717, 1.165) is 11.3 Å². The first-order valence-corrected chi connectivity index (χ1v) is 6.75. The molecule has 0 unspecified atom stereocenters. The highest BCUT2D eigenvalue weighted by Crippen LogP contribution is 2.11. The van der Waals surface area contributed by atoms with Gasteiger partial charge in [-0.2, -0.15) is 5.10 Å². The summed E-state index contributed by atoms with van der Waals surface area (Å²) < 4.78 is 6.37. The lowest BCUT2D eigenvalue weighted by atomic mass is 10.1. The van der Waals surface area contributed by atoms with Gasteiger partial charge in [-0.05, 0) is 30.2 Å². The Morgan fingerprint density at radius 2 is 2.00 bits per heavy atom. The Kier molecular flexibility index (Phi) is 5.13. The predicted molar refractivity (Wildman–Crippen MR) is 78.9 cm³/mol. The maximum Gasteiger partial charge on any atom is 0.356 e. The molecule has 0 saturated heterocycles. The van der Waals surface area contributed by atoms with Crippen LogP contribution >= 0.6 is 0 Å². The summed E-state index contributed by atoms with van der Waals surface area (Å²) in [5.74, 6) is -0.534. The molecule has 0 aliphatic rings. The number of nitrogens with one attached hydrogen (secondary N) is 1. The Morgan fingerprint density at radius 1 is 1.27 bits per heavy atom. The van der Waals surface area contributed by atoms with Crippen LogP contribution in [0.2, 0.25) is 0 Å². The lowest BCUT2D eigenvalue weighted by molar-refractivity contribution is -0.121. The third-order valence-electron chi connectivity index (χ3n) is 3.06. The Bertz CT molecular complexity index is 649. The smallest absolute Gasteiger partial charge is 0.356 e. The number of aromatic nitrogens is 2. The zero-order valence-electron chi connectivity index (χ0n) is 12.2. The van der Waals surface area contributed by atoms with Crippen molar-refractivity contribution in [2.75, 3.05) is 13.7 Å². The molecule has 2 N–H and O–H groups in total. The first kappa shape index (κ1) is 15.6. The van der Waals surface area contributed by atoms with Crippen molar-refractivity contribution in [3.63, 3.8) is 0 Å². The highest BCUT2D eigenvalue weighted by Gasteiger charge is 2.09. The number of rotatable bonds is 7. The number of carbonyl (C=O) groups excluding carboxylic acids is 1. The summed E-state index contributed by atoms with van der Waals surface area (Å²) in [7, 11) is 1.61. The van der Waals surface area contributed by atoms with Crippen LogP contribution < -0.4 is 10.1 Å². The average molecular weight is 303 g/mol. The van der Waals surface area contributed by atoms with Gasteiger partial charge in [-0.15, -0.1) is 0 Å². The molecule has 1 aromatic heterocycles. The van der Waals surface area contributed by atoms with Crippen LogP contribution in [0.15, 0.2) is 36.5 Å². The summed E-state index contributed by atoms with van der Waals surface area (Å²) in [5.41, 5.74) is 1.01. The van der Waals surface area contributed by atoms with Gasteiger partial charge < -0.3 is 15.2 Å². The van der Waals surface area contributed by atoms with Gasteiger partial charge in [0.2, 0.25) is 5.91 Å². The topological polar surface area (TPSA) is 93.5 Å². The molecular weight excluding hydrogens is 286 g/mol. The summed E-state index contributed by atoms with van der Waals surface area (Å²) >= 11 is 0. The first-order valence-electron chi connectivity index (χ1n) is 6.75. The second kappa shape index (κ2) is 7.26. The number of carbonyl (C=O) groups is 2. The van der Waals surface area contributed by atoms with Gasteiger partial charge in [0.15, 0.2) is 5.69 Å². The molecule has 22 heavy (non-hydrogen) atoms. The van der Waals surface area contributed by atoms with Crippen molar-refractivity contribution in [2.45, 2.75) is 13.0 Å². The molecule has 2 aromatic rings. The van der Waals surface area contributed by atoms with Gasteiger partial charge in [0.05, 0.1) is 7.11 Å². The minimum atomic E-state index is -1.11. The van der Waals surface area contributed by atoms with Gasteiger partial charge in [0, 0.05) is 12.7 Å². The average Bonchev–Trinajstić information content (AvgIpc) is 2.96. The first-order chi connectivity index (χ1) is 10.6. The molecule has 7 nitrogen and oxygen atoms in total. The summed E-state index contributed by atoms with van der Waals surface area (Å²) in [5, 5.41) is 15.3. The monoisotopic (exact) mass is 303 g/mol. The fourth-order valence-corrected chi connectivity index (χ4v) is 1.91. The summed E-state index contributed by atoms with van der Waals surface area (Å²) in [6.07, 6.45) is 2.17. The molecule has 1 heterocycles. The van der Waals surface area contributed by atoms with Crippen molar-refractivity contribution in [3.05, 3.63) is 47.8 Å². The molecule has 0 aliphatic carbocycles. The van der Waals surface area contributed by atoms with Crippen LogP contribution in [-0.2, 0) is 17.8 Å². The maximum atomic E-state index is 11.7. The molecular formula is C15H17N3O4. The molecule has 2 rings (SSSR count). The van der Waals surface area contributed by atoms with Gasteiger partial charge in [-0.1, -0.05) is 12.1 Å². The number of ether oxygens (including phenoxy) is 1. The Hall–Kier alpha value is -2.83. The number of methoxy groups -OCH3 is 1. The molecule has 0 aliphatic heterocycles. The number of hydrogen-bond donors (Lipinski definition) is 2. The zero-order chi connectivity index (χ0) is 15.9. The normalized spacial score (nSPS) is 10.2. The lowest BCUT2D eigenvalue weighted by Gasteiger charge is -2.06. The summed E-state index contributed by atoms with van der Waals surface area (Å²) in [4.78, 5) is 22.4. The fraction of sp³-hybridized carbons (Fsp3) is 0.267. The molecule has 7 heteroatoms. The third kappa shape index (κ3) is 4.34. The van der Waals surface area contributed by atoms with Crippen LogP contribution in [0.4, 0.5) is 0 Å². The highest BCUT2D eigenvalue weighted by molar-refractivity contribution is 5.85. The van der Waals surface area contributed by atoms with Crippen molar-refractivity contribution in [1.82, 2.24) is 15.1 Å². The van der Waals surface area contributed by atoms with E-state index in [1.165, 1.54) is 16.9 Å². The van der Waals surface area contributed by atoms with E-state index in [4.69, 9.17) is 9.84 Å². The molecule has 0 radical (unpaired) electrons. The summed E-state index contributed by atoms with van der Waals surface area (Å²) in [6.45, 7) is 0.494. The van der Waals surface area contributed by atoms with Gasteiger partial charge in [0.1, 0.15) is 12.3 Å². The molecule has 0 bridgehead atoms. The number of nitrogens with zero attached hydrogens (tertiary/aromatic N) is 2. The van der Waals surface area contributed by atoms with Gasteiger partial charge in [-0.25, -0.2) is 4.79 Å². The van der Waals surface area contributed by atoms with Crippen molar-refractivity contribution < 1.29 is 19.4 Å². The van der Waals surface area contributed by atoms with Crippen LogP contribution in [0.3, 0.4) is 0 Å². The van der Waals surface area contributed by atoms with E-state index in [0.29, 0.717) is 13.0 Å². The molecule has 1 aromatic carbocycles. The summed E-state index contributed by atoms with van der Waals surface area (Å²) in [6, 6.07) is 8.98. The van der Waals surface area contributed by atoms with Crippen LogP contribution in [0.5, 0.6) is 5.75 Å². The number of amides is 1. The van der Waals surface area contributed by atoms with E-state index >= 15 is 0 Å². The Labute approximate surface area is 127 Å². The number of benzene rings is 1. The van der Waals surface area contributed by atoms with E-state index in [1.807, 2.05) is 24.3 Å². The number of hydrogen-bond acceptors (Lipinski definition) is 4. The van der Waals surface area contributed by atoms with E-state index in [1.54, 1.807) is 7.11 Å². The van der Waals surface area contributed by atoms with Gasteiger partial charge >= 0.3 is 5.97 Å². The quantitative estimate of drug-likeness (QED) is 0.794. The van der Waals surface area contributed by atoms with E-state index < -0.39 is 5.97 Å². The van der Waals surface area contributed by atoms with Crippen molar-refractivity contribution >= 4 is 11.9 Å². The van der Waals surface area contributed by atoms with Crippen molar-refractivity contribution in [1.29, 1.82) is 0 Å².